The molecule has 2 N–H and O–H groups in total. The number of aryl methyl sites for hydroxylation is 1. The summed E-state index contributed by atoms with van der Waals surface area (Å²) in [6.07, 6.45) is 2.29. The Morgan fingerprint density at radius 1 is 1.28 bits per heavy atom. The predicted octanol–water partition coefficient (Wildman–Crippen LogP) is 2.81. The number of ether oxygens (including phenoxy) is 1. The van der Waals surface area contributed by atoms with Gasteiger partial charge >= 0.3 is 0 Å². The Hall–Kier alpha value is -1.26. The summed E-state index contributed by atoms with van der Waals surface area (Å²) in [6.45, 7) is 4.85. The minimum absolute atomic E-state index is 0.704. The maximum atomic E-state index is 5.37. The van der Waals surface area contributed by atoms with Crippen molar-refractivity contribution in [3.05, 3.63) is 23.8 Å². The number of rotatable bonds is 5. The van der Waals surface area contributed by atoms with Gasteiger partial charge in [-0.2, -0.15) is 0 Å². The molecule has 18 heavy (non-hydrogen) atoms. The molecule has 2 rings (SSSR count). The van der Waals surface area contributed by atoms with Gasteiger partial charge in [0.15, 0.2) is 0 Å². The van der Waals surface area contributed by atoms with Crippen molar-refractivity contribution < 1.29 is 9.57 Å². The number of anilines is 2. The predicted molar refractivity (Wildman–Crippen MR) is 73.8 cm³/mol. The zero-order valence-corrected chi connectivity index (χ0v) is 11.2. The van der Waals surface area contributed by atoms with Crippen LogP contribution >= 0.6 is 0 Å². The first-order chi connectivity index (χ1) is 8.79. The molecule has 1 aliphatic heterocycles. The van der Waals surface area contributed by atoms with Gasteiger partial charge in [0, 0.05) is 19.8 Å². The first kappa shape index (κ1) is 13.2. The Kier molecular flexibility index (Phi) is 4.84. The molecule has 0 bridgehead atoms. The van der Waals surface area contributed by atoms with Gasteiger partial charge in [-0.25, -0.2) is 0 Å². The molecule has 0 aromatic heterocycles. The van der Waals surface area contributed by atoms with Gasteiger partial charge in [-0.3, -0.25) is 10.3 Å². The second kappa shape index (κ2) is 6.61. The van der Waals surface area contributed by atoms with E-state index in [1.807, 2.05) is 0 Å². The second-order valence-corrected chi connectivity index (χ2v) is 4.79. The zero-order valence-electron chi connectivity index (χ0n) is 11.2. The number of nitrogens with one attached hydrogen (secondary N) is 2. The number of hydrogen-bond acceptors (Lipinski definition) is 4. The smallest absolute Gasteiger partial charge is 0.0838 e. The lowest BCUT2D eigenvalue weighted by molar-refractivity contribution is 0.0699. The maximum absolute atomic E-state index is 5.37. The van der Waals surface area contributed by atoms with E-state index in [9.17, 15) is 0 Å². The van der Waals surface area contributed by atoms with Gasteiger partial charge in [0.25, 0.3) is 0 Å². The molecule has 1 aromatic rings. The summed E-state index contributed by atoms with van der Waals surface area (Å²) in [7, 11) is 1.63. The van der Waals surface area contributed by atoms with Crippen molar-refractivity contribution in [2.45, 2.75) is 19.8 Å². The molecule has 1 saturated heterocycles. The standard InChI is InChI=1S/C14H22N2O2/c1-11-3-4-13(14(9-11)16-17-2)15-10-12-5-7-18-8-6-12/h3-4,9,12,15-16H,5-8,10H2,1-2H3. The Morgan fingerprint density at radius 2 is 2.06 bits per heavy atom. The highest BCUT2D eigenvalue weighted by atomic mass is 16.6. The van der Waals surface area contributed by atoms with Crippen LogP contribution in [0.15, 0.2) is 18.2 Å². The summed E-state index contributed by atoms with van der Waals surface area (Å²) in [4.78, 5) is 5.01. The van der Waals surface area contributed by atoms with E-state index < -0.39 is 0 Å². The van der Waals surface area contributed by atoms with Gasteiger partial charge in [-0.05, 0) is 43.4 Å². The van der Waals surface area contributed by atoms with Crippen molar-refractivity contribution >= 4 is 11.4 Å². The molecule has 0 unspecified atom stereocenters. The van der Waals surface area contributed by atoms with Gasteiger partial charge in [-0.1, -0.05) is 6.07 Å². The molecule has 0 spiro atoms. The molecular formula is C14H22N2O2. The third-order valence-corrected chi connectivity index (χ3v) is 3.31. The van der Waals surface area contributed by atoms with Crippen LogP contribution < -0.4 is 10.8 Å². The Bertz CT molecular complexity index is 376. The van der Waals surface area contributed by atoms with Crippen molar-refractivity contribution in [3.8, 4) is 0 Å². The van der Waals surface area contributed by atoms with E-state index >= 15 is 0 Å². The third-order valence-electron chi connectivity index (χ3n) is 3.31. The van der Waals surface area contributed by atoms with Crippen LogP contribution in [0, 0.1) is 12.8 Å². The molecule has 0 aliphatic carbocycles. The summed E-state index contributed by atoms with van der Waals surface area (Å²) in [6, 6.07) is 6.28. The first-order valence-electron chi connectivity index (χ1n) is 6.51. The minimum atomic E-state index is 0.704. The van der Waals surface area contributed by atoms with Crippen molar-refractivity contribution in [2.75, 3.05) is 37.7 Å². The van der Waals surface area contributed by atoms with E-state index in [0.29, 0.717) is 5.92 Å². The Morgan fingerprint density at radius 3 is 2.78 bits per heavy atom. The SMILES string of the molecule is CONc1cc(C)ccc1NCC1CCOCC1. The van der Waals surface area contributed by atoms with Crippen LogP contribution in [0.25, 0.3) is 0 Å². The van der Waals surface area contributed by atoms with Crippen LogP contribution in [-0.4, -0.2) is 26.9 Å². The van der Waals surface area contributed by atoms with Crippen molar-refractivity contribution in [2.24, 2.45) is 5.92 Å². The third kappa shape index (κ3) is 3.62. The van der Waals surface area contributed by atoms with Gasteiger partial charge < -0.3 is 10.1 Å². The van der Waals surface area contributed by atoms with Crippen LogP contribution in [0.5, 0.6) is 0 Å². The van der Waals surface area contributed by atoms with Crippen LogP contribution in [-0.2, 0) is 9.57 Å². The highest BCUT2D eigenvalue weighted by Gasteiger charge is 2.14. The van der Waals surface area contributed by atoms with Gasteiger partial charge in [-0.15, -0.1) is 0 Å². The summed E-state index contributed by atoms with van der Waals surface area (Å²) in [5, 5.41) is 3.50. The normalized spacial score (nSPS) is 16.6. The Balaban J connectivity index is 1.94. The lowest BCUT2D eigenvalue weighted by atomic mass is 10.0. The summed E-state index contributed by atoms with van der Waals surface area (Å²) >= 11 is 0. The molecule has 4 heteroatoms. The second-order valence-electron chi connectivity index (χ2n) is 4.79. The molecule has 1 heterocycles. The zero-order chi connectivity index (χ0) is 12.8. The van der Waals surface area contributed by atoms with E-state index in [1.165, 1.54) is 5.56 Å². The molecule has 4 nitrogen and oxygen atoms in total. The number of hydrogen-bond donors (Lipinski definition) is 2. The minimum Gasteiger partial charge on any atom is -0.383 e. The van der Waals surface area contributed by atoms with Gasteiger partial charge in [0.05, 0.1) is 18.5 Å². The molecule has 0 radical (unpaired) electrons. The van der Waals surface area contributed by atoms with Crippen LogP contribution in [0.1, 0.15) is 18.4 Å². The highest BCUT2D eigenvalue weighted by Crippen LogP contribution is 2.24. The summed E-state index contributed by atoms with van der Waals surface area (Å²) < 4.78 is 5.37. The molecular weight excluding hydrogens is 228 g/mol. The van der Waals surface area contributed by atoms with E-state index in [1.54, 1.807) is 7.11 Å². The fourth-order valence-corrected chi connectivity index (χ4v) is 2.21. The summed E-state index contributed by atoms with van der Waals surface area (Å²) in [5.41, 5.74) is 6.21. The van der Waals surface area contributed by atoms with Gasteiger partial charge in [0.1, 0.15) is 0 Å². The fourth-order valence-electron chi connectivity index (χ4n) is 2.21. The summed E-state index contributed by atoms with van der Waals surface area (Å²) in [5.74, 6) is 0.704. The molecule has 1 aliphatic rings. The van der Waals surface area contributed by atoms with Crippen LogP contribution in [0.4, 0.5) is 11.4 Å². The molecule has 1 fully saturated rings. The molecule has 0 amide bonds. The molecule has 0 atom stereocenters. The molecule has 0 saturated carbocycles. The largest absolute Gasteiger partial charge is 0.383 e. The monoisotopic (exact) mass is 250 g/mol. The topological polar surface area (TPSA) is 42.5 Å². The van der Waals surface area contributed by atoms with E-state index in [-0.39, 0.29) is 0 Å². The van der Waals surface area contributed by atoms with E-state index in [0.717, 1.165) is 44.0 Å². The van der Waals surface area contributed by atoms with Crippen molar-refractivity contribution in [3.63, 3.8) is 0 Å². The van der Waals surface area contributed by atoms with Crippen molar-refractivity contribution in [1.29, 1.82) is 0 Å². The average Bonchev–Trinajstić information content (AvgIpc) is 2.39. The lowest BCUT2D eigenvalue weighted by Crippen LogP contribution is -2.22. The molecule has 100 valence electrons. The van der Waals surface area contributed by atoms with Crippen molar-refractivity contribution in [1.82, 2.24) is 0 Å². The lowest BCUT2D eigenvalue weighted by Gasteiger charge is -2.23. The first-order valence-corrected chi connectivity index (χ1v) is 6.51. The highest BCUT2D eigenvalue weighted by molar-refractivity contribution is 5.68. The maximum Gasteiger partial charge on any atom is 0.0838 e. The van der Waals surface area contributed by atoms with Crippen LogP contribution in [0.2, 0.25) is 0 Å². The van der Waals surface area contributed by atoms with E-state index in [2.05, 4.69) is 35.9 Å². The number of benzene rings is 1. The van der Waals surface area contributed by atoms with Gasteiger partial charge in [0.2, 0.25) is 0 Å². The quantitative estimate of drug-likeness (QED) is 0.789. The molecule has 1 aromatic carbocycles. The Labute approximate surface area is 109 Å². The van der Waals surface area contributed by atoms with E-state index in [4.69, 9.17) is 9.57 Å². The fraction of sp³-hybridized carbons (Fsp3) is 0.571. The van der Waals surface area contributed by atoms with Crippen LogP contribution in [0.3, 0.4) is 0 Å². The average molecular weight is 250 g/mol.